The quantitative estimate of drug-likeness (QED) is 0.644. The van der Waals surface area contributed by atoms with Crippen LogP contribution in [-0.2, 0) is 0 Å². The molecule has 0 aromatic heterocycles. The maximum atomic E-state index is 12.3. The van der Waals surface area contributed by atoms with Gasteiger partial charge in [0.2, 0.25) is 0 Å². The number of aryl methyl sites for hydroxylation is 1. The van der Waals surface area contributed by atoms with E-state index in [9.17, 15) is 4.79 Å². The van der Waals surface area contributed by atoms with Crippen molar-refractivity contribution >= 4 is 33.3 Å². The molecule has 0 spiro atoms. The van der Waals surface area contributed by atoms with Gasteiger partial charge in [-0.1, -0.05) is 55.8 Å². The molecule has 0 heterocycles. The summed E-state index contributed by atoms with van der Waals surface area (Å²) in [7, 11) is 0. The average Bonchev–Trinajstić information content (AvgIpc) is 2.45. The summed E-state index contributed by atoms with van der Waals surface area (Å²) in [5.41, 5.74) is 2.24. The summed E-state index contributed by atoms with van der Waals surface area (Å²) in [6, 6.07) is 12.8. The Labute approximate surface area is 127 Å². The van der Waals surface area contributed by atoms with Gasteiger partial charge in [-0.15, -0.1) is 0 Å². The van der Waals surface area contributed by atoms with Crippen LogP contribution < -0.4 is 0 Å². The average molecular weight is 340 g/mol. The summed E-state index contributed by atoms with van der Waals surface area (Å²) in [4.78, 5) is 12.3. The SMILES string of the molecule is CC.Cc1cc(Cl)c(Br)cc1C(=O)c1ccccc1. The molecule has 0 aliphatic rings. The van der Waals surface area contributed by atoms with Gasteiger partial charge in [-0.25, -0.2) is 0 Å². The zero-order valence-corrected chi connectivity index (χ0v) is 13.5. The number of ketones is 1. The van der Waals surface area contributed by atoms with E-state index >= 15 is 0 Å². The molecule has 0 unspecified atom stereocenters. The molecule has 0 aliphatic carbocycles. The van der Waals surface area contributed by atoms with Crippen molar-refractivity contribution in [2.45, 2.75) is 20.8 Å². The Hall–Kier alpha value is -1.12. The lowest BCUT2D eigenvalue weighted by molar-refractivity contribution is 0.103. The van der Waals surface area contributed by atoms with Gasteiger partial charge in [0.25, 0.3) is 0 Å². The van der Waals surface area contributed by atoms with Crippen molar-refractivity contribution in [2.24, 2.45) is 0 Å². The van der Waals surface area contributed by atoms with E-state index in [-0.39, 0.29) is 5.78 Å². The van der Waals surface area contributed by atoms with Gasteiger partial charge in [-0.2, -0.15) is 0 Å². The van der Waals surface area contributed by atoms with Crippen LogP contribution in [0.25, 0.3) is 0 Å². The van der Waals surface area contributed by atoms with Gasteiger partial charge in [0, 0.05) is 15.6 Å². The molecule has 1 nitrogen and oxygen atoms in total. The maximum Gasteiger partial charge on any atom is 0.193 e. The lowest BCUT2D eigenvalue weighted by Gasteiger charge is -2.07. The fraction of sp³-hybridized carbons (Fsp3) is 0.188. The van der Waals surface area contributed by atoms with Crippen LogP contribution in [0.5, 0.6) is 0 Å². The number of rotatable bonds is 2. The lowest BCUT2D eigenvalue weighted by atomic mass is 9.99. The molecule has 100 valence electrons. The Morgan fingerprint density at radius 1 is 1.11 bits per heavy atom. The third-order valence-electron chi connectivity index (χ3n) is 2.55. The largest absolute Gasteiger partial charge is 0.289 e. The highest BCUT2D eigenvalue weighted by Crippen LogP contribution is 2.27. The molecule has 2 rings (SSSR count). The first-order valence-electron chi connectivity index (χ1n) is 6.15. The zero-order chi connectivity index (χ0) is 14.4. The van der Waals surface area contributed by atoms with Crippen LogP contribution in [0, 0.1) is 6.92 Å². The van der Waals surface area contributed by atoms with Crippen molar-refractivity contribution in [3.05, 3.63) is 68.7 Å². The summed E-state index contributed by atoms with van der Waals surface area (Å²) < 4.78 is 0.740. The summed E-state index contributed by atoms with van der Waals surface area (Å²) >= 11 is 9.32. The predicted octanol–water partition coefficient (Wildman–Crippen LogP) is 5.67. The van der Waals surface area contributed by atoms with Crippen LogP contribution in [0.1, 0.15) is 35.3 Å². The van der Waals surface area contributed by atoms with Gasteiger partial charge in [0.05, 0.1) is 5.02 Å². The highest BCUT2D eigenvalue weighted by molar-refractivity contribution is 9.10. The number of halogens is 2. The van der Waals surface area contributed by atoms with Crippen molar-refractivity contribution in [3.63, 3.8) is 0 Å². The first-order valence-corrected chi connectivity index (χ1v) is 7.32. The first kappa shape index (κ1) is 15.9. The fourth-order valence-corrected chi connectivity index (χ4v) is 2.20. The molecule has 2 aromatic carbocycles. The van der Waals surface area contributed by atoms with Gasteiger partial charge < -0.3 is 0 Å². The minimum Gasteiger partial charge on any atom is -0.289 e. The molecule has 0 saturated heterocycles. The van der Waals surface area contributed by atoms with Gasteiger partial charge in [0.1, 0.15) is 0 Å². The molecule has 0 radical (unpaired) electrons. The second-order valence-corrected chi connectivity index (χ2v) is 5.04. The number of benzene rings is 2. The van der Waals surface area contributed by atoms with Crippen LogP contribution in [0.2, 0.25) is 5.02 Å². The van der Waals surface area contributed by atoms with Crippen molar-refractivity contribution in [1.82, 2.24) is 0 Å². The molecular weight excluding hydrogens is 324 g/mol. The Morgan fingerprint density at radius 3 is 2.26 bits per heavy atom. The molecule has 0 aliphatic heterocycles. The summed E-state index contributed by atoms with van der Waals surface area (Å²) in [6.45, 7) is 5.88. The van der Waals surface area contributed by atoms with Crippen molar-refractivity contribution in [1.29, 1.82) is 0 Å². The van der Waals surface area contributed by atoms with E-state index in [4.69, 9.17) is 11.6 Å². The molecule has 2 aromatic rings. The maximum absolute atomic E-state index is 12.3. The van der Waals surface area contributed by atoms with Crippen molar-refractivity contribution in [2.75, 3.05) is 0 Å². The Balaban J connectivity index is 0.000000861. The van der Waals surface area contributed by atoms with E-state index < -0.39 is 0 Å². The molecule has 0 atom stereocenters. The van der Waals surface area contributed by atoms with Gasteiger partial charge >= 0.3 is 0 Å². The van der Waals surface area contributed by atoms with E-state index in [0.717, 1.165) is 10.0 Å². The monoisotopic (exact) mass is 338 g/mol. The van der Waals surface area contributed by atoms with Crippen molar-refractivity contribution < 1.29 is 4.79 Å². The van der Waals surface area contributed by atoms with E-state index in [1.54, 1.807) is 12.1 Å². The minimum atomic E-state index is 0.0143. The van der Waals surface area contributed by atoms with Crippen LogP contribution in [-0.4, -0.2) is 5.78 Å². The summed E-state index contributed by atoms with van der Waals surface area (Å²) in [5, 5.41) is 0.618. The standard InChI is InChI=1S/C14H10BrClO.C2H6/c1-9-7-13(16)12(15)8-11(9)14(17)10-5-3-2-4-6-10;1-2/h2-8H,1H3;1-2H3. The van der Waals surface area contributed by atoms with Crippen LogP contribution in [0.15, 0.2) is 46.9 Å². The predicted molar refractivity (Wildman–Crippen MR) is 85.1 cm³/mol. The van der Waals surface area contributed by atoms with Gasteiger partial charge in [-0.3, -0.25) is 4.79 Å². The molecule has 0 N–H and O–H groups in total. The highest BCUT2D eigenvalue weighted by atomic mass is 79.9. The van der Waals surface area contributed by atoms with E-state index in [1.807, 2.05) is 51.1 Å². The molecule has 0 saturated carbocycles. The third-order valence-corrected chi connectivity index (χ3v) is 3.74. The Kier molecular flexibility index (Phi) is 6.26. The van der Waals surface area contributed by atoms with Gasteiger partial charge in [-0.05, 0) is 40.5 Å². The molecule has 3 heteroatoms. The molecule has 0 bridgehead atoms. The molecular formula is C16H16BrClO. The van der Waals surface area contributed by atoms with E-state index in [2.05, 4.69) is 15.9 Å². The molecule has 19 heavy (non-hydrogen) atoms. The van der Waals surface area contributed by atoms with Crippen LogP contribution in [0.3, 0.4) is 0 Å². The number of hydrogen-bond donors (Lipinski definition) is 0. The summed E-state index contributed by atoms with van der Waals surface area (Å²) in [6.07, 6.45) is 0. The number of carbonyl (C=O) groups is 1. The normalized spacial score (nSPS) is 9.53. The fourth-order valence-electron chi connectivity index (χ4n) is 1.64. The zero-order valence-electron chi connectivity index (χ0n) is 11.2. The number of hydrogen-bond acceptors (Lipinski definition) is 1. The van der Waals surface area contributed by atoms with Crippen molar-refractivity contribution in [3.8, 4) is 0 Å². The second kappa shape index (κ2) is 7.46. The number of carbonyl (C=O) groups excluding carboxylic acids is 1. The lowest BCUT2D eigenvalue weighted by Crippen LogP contribution is -2.03. The van der Waals surface area contributed by atoms with Gasteiger partial charge in [0.15, 0.2) is 5.78 Å². The third kappa shape index (κ3) is 3.92. The van der Waals surface area contributed by atoms with E-state index in [0.29, 0.717) is 16.1 Å². The highest BCUT2D eigenvalue weighted by Gasteiger charge is 2.13. The first-order chi connectivity index (χ1) is 9.09. The molecule has 0 amide bonds. The summed E-state index contributed by atoms with van der Waals surface area (Å²) in [5.74, 6) is 0.0143. The van der Waals surface area contributed by atoms with Crippen LogP contribution >= 0.6 is 27.5 Å². The topological polar surface area (TPSA) is 17.1 Å². The Bertz CT molecular complexity index is 564. The second-order valence-electron chi connectivity index (χ2n) is 3.78. The smallest absolute Gasteiger partial charge is 0.193 e. The molecule has 0 fully saturated rings. The van der Waals surface area contributed by atoms with E-state index in [1.165, 1.54) is 0 Å². The minimum absolute atomic E-state index is 0.0143. The Morgan fingerprint density at radius 2 is 1.68 bits per heavy atom. The van der Waals surface area contributed by atoms with Crippen LogP contribution in [0.4, 0.5) is 0 Å².